The number of carboxylic acid groups (broad SMARTS) is 1. The molecule has 0 aromatic heterocycles. The number of rotatable bonds is 3. The lowest BCUT2D eigenvalue weighted by Crippen LogP contribution is -2.30. The lowest BCUT2D eigenvalue weighted by molar-refractivity contribution is -0.119. The first-order valence-electron chi connectivity index (χ1n) is 6.37. The van der Waals surface area contributed by atoms with Crippen LogP contribution in [0.1, 0.15) is 48.0 Å². The maximum absolute atomic E-state index is 13.9. The summed E-state index contributed by atoms with van der Waals surface area (Å²) in [5.74, 6) is -3.49. The fourth-order valence-corrected chi connectivity index (χ4v) is 2.72. The van der Waals surface area contributed by atoms with Crippen LogP contribution in [0.3, 0.4) is 0 Å². The largest absolute Gasteiger partial charge is 0.478 e. The van der Waals surface area contributed by atoms with Crippen LogP contribution in [0.15, 0.2) is 12.1 Å². The zero-order valence-corrected chi connectivity index (χ0v) is 11.0. The monoisotopic (exact) mass is 283 g/mol. The van der Waals surface area contributed by atoms with Crippen LogP contribution in [0.5, 0.6) is 0 Å². The minimum absolute atomic E-state index is 0.0425. The van der Waals surface area contributed by atoms with E-state index in [-0.39, 0.29) is 23.4 Å². The lowest BCUT2D eigenvalue weighted by Gasteiger charge is -2.14. The average Bonchev–Trinajstić information content (AvgIpc) is 2.78. The standard InChI is InChI=1S/C14H15F2NO3/c1-7(18)17-9-3-2-8(4-9)10-5-13(16)11(14(19)20)6-12(10)15/h5-6,8-9H,2-4H2,1H3,(H,17,18)(H,19,20). The van der Waals surface area contributed by atoms with Crippen molar-refractivity contribution < 1.29 is 23.5 Å². The van der Waals surface area contributed by atoms with Crippen molar-refractivity contribution in [2.45, 2.75) is 38.1 Å². The summed E-state index contributed by atoms with van der Waals surface area (Å²) in [6, 6.07) is 1.64. The summed E-state index contributed by atoms with van der Waals surface area (Å²) in [5.41, 5.74) is -0.483. The van der Waals surface area contributed by atoms with Gasteiger partial charge in [0.2, 0.25) is 5.91 Å². The van der Waals surface area contributed by atoms with Crippen LogP contribution in [0, 0.1) is 11.6 Å². The third-order valence-corrected chi connectivity index (χ3v) is 3.60. The minimum atomic E-state index is -1.49. The molecule has 2 unspecified atom stereocenters. The zero-order chi connectivity index (χ0) is 14.9. The molecule has 6 heteroatoms. The van der Waals surface area contributed by atoms with Gasteiger partial charge in [-0.25, -0.2) is 13.6 Å². The summed E-state index contributed by atoms with van der Waals surface area (Å²) in [5, 5.41) is 11.5. The van der Waals surface area contributed by atoms with Crippen LogP contribution in [0.4, 0.5) is 8.78 Å². The molecule has 0 heterocycles. The fourth-order valence-electron chi connectivity index (χ4n) is 2.72. The molecule has 1 aromatic carbocycles. The Morgan fingerprint density at radius 3 is 2.55 bits per heavy atom. The Bertz CT molecular complexity index is 560. The highest BCUT2D eigenvalue weighted by Gasteiger charge is 2.29. The summed E-state index contributed by atoms with van der Waals surface area (Å²) in [6.07, 6.45) is 1.86. The molecule has 2 N–H and O–H groups in total. The number of aromatic carboxylic acids is 1. The van der Waals surface area contributed by atoms with Crippen molar-refractivity contribution in [2.75, 3.05) is 0 Å². The molecule has 4 nitrogen and oxygen atoms in total. The Morgan fingerprint density at radius 1 is 1.25 bits per heavy atom. The lowest BCUT2D eigenvalue weighted by atomic mass is 9.95. The second-order valence-electron chi connectivity index (χ2n) is 5.07. The van der Waals surface area contributed by atoms with Gasteiger partial charge in [0, 0.05) is 13.0 Å². The van der Waals surface area contributed by atoms with Gasteiger partial charge in [-0.1, -0.05) is 0 Å². The SMILES string of the molecule is CC(=O)NC1CCC(c2cc(F)c(C(=O)O)cc2F)C1. The van der Waals surface area contributed by atoms with Crippen LogP contribution < -0.4 is 5.32 Å². The fraction of sp³-hybridized carbons (Fsp3) is 0.429. The van der Waals surface area contributed by atoms with Gasteiger partial charge in [0.25, 0.3) is 0 Å². The average molecular weight is 283 g/mol. The first kappa shape index (κ1) is 14.4. The highest BCUT2D eigenvalue weighted by atomic mass is 19.1. The quantitative estimate of drug-likeness (QED) is 0.895. The van der Waals surface area contributed by atoms with Crippen molar-refractivity contribution in [3.05, 3.63) is 34.9 Å². The van der Waals surface area contributed by atoms with Gasteiger partial charge in [-0.05, 0) is 42.9 Å². The van der Waals surface area contributed by atoms with Crippen molar-refractivity contribution in [1.29, 1.82) is 0 Å². The number of carbonyl (C=O) groups excluding carboxylic acids is 1. The smallest absolute Gasteiger partial charge is 0.338 e. The number of amides is 1. The summed E-state index contributed by atoms with van der Waals surface area (Å²) in [7, 11) is 0. The number of nitrogens with one attached hydrogen (secondary N) is 1. The van der Waals surface area contributed by atoms with E-state index in [0.29, 0.717) is 19.3 Å². The van der Waals surface area contributed by atoms with Crippen molar-refractivity contribution in [1.82, 2.24) is 5.32 Å². The molecule has 0 spiro atoms. The molecule has 1 aliphatic rings. The zero-order valence-electron chi connectivity index (χ0n) is 11.0. The first-order valence-corrected chi connectivity index (χ1v) is 6.37. The molecule has 108 valence electrons. The molecule has 0 radical (unpaired) electrons. The molecule has 0 aliphatic heterocycles. The Hall–Kier alpha value is -1.98. The summed E-state index contributed by atoms with van der Waals surface area (Å²) >= 11 is 0. The molecule has 20 heavy (non-hydrogen) atoms. The van der Waals surface area contributed by atoms with E-state index in [1.807, 2.05) is 0 Å². The topological polar surface area (TPSA) is 66.4 Å². The Labute approximate surface area is 114 Å². The van der Waals surface area contributed by atoms with Gasteiger partial charge < -0.3 is 10.4 Å². The van der Waals surface area contributed by atoms with E-state index >= 15 is 0 Å². The second-order valence-corrected chi connectivity index (χ2v) is 5.07. The third-order valence-electron chi connectivity index (χ3n) is 3.60. The van der Waals surface area contributed by atoms with Crippen LogP contribution in [-0.2, 0) is 4.79 Å². The predicted octanol–water partition coefficient (Wildman–Crippen LogP) is 2.44. The molecule has 1 amide bonds. The van der Waals surface area contributed by atoms with Crippen LogP contribution in [0.25, 0.3) is 0 Å². The normalized spacial score (nSPS) is 21.8. The van der Waals surface area contributed by atoms with E-state index in [2.05, 4.69) is 5.32 Å². The number of carbonyl (C=O) groups is 2. The van der Waals surface area contributed by atoms with E-state index in [9.17, 15) is 18.4 Å². The van der Waals surface area contributed by atoms with Gasteiger partial charge in [-0.15, -0.1) is 0 Å². The molecule has 1 fully saturated rings. The molecule has 0 bridgehead atoms. The van der Waals surface area contributed by atoms with E-state index in [1.54, 1.807) is 0 Å². The van der Waals surface area contributed by atoms with Crippen molar-refractivity contribution in [3.8, 4) is 0 Å². The Balaban J connectivity index is 2.20. The molecule has 1 saturated carbocycles. The van der Waals surface area contributed by atoms with Gasteiger partial charge in [0.1, 0.15) is 11.6 Å². The third kappa shape index (κ3) is 2.95. The molecular formula is C14H15F2NO3. The van der Waals surface area contributed by atoms with Crippen LogP contribution >= 0.6 is 0 Å². The van der Waals surface area contributed by atoms with Gasteiger partial charge in [0.15, 0.2) is 0 Å². The maximum atomic E-state index is 13.9. The molecule has 1 aromatic rings. The molecular weight excluding hydrogens is 268 g/mol. The first-order chi connectivity index (χ1) is 9.38. The van der Waals surface area contributed by atoms with Crippen molar-refractivity contribution in [2.24, 2.45) is 0 Å². The summed E-state index contributed by atoms with van der Waals surface area (Å²) in [4.78, 5) is 21.7. The van der Waals surface area contributed by atoms with E-state index in [4.69, 9.17) is 5.11 Å². The number of hydrogen-bond acceptors (Lipinski definition) is 2. The minimum Gasteiger partial charge on any atom is -0.478 e. The van der Waals surface area contributed by atoms with Gasteiger partial charge >= 0.3 is 5.97 Å². The Kier molecular flexibility index (Phi) is 4.01. The molecule has 2 rings (SSSR count). The summed E-state index contributed by atoms with van der Waals surface area (Å²) < 4.78 is 27.5. The number of hydrogen-bond donors (Lipinski definition) is 2. The molecule has 1 aliphatic carbocycles. The highest BCUT2D eigenvalue weighted by molar-refractivity contribution is 5.88. The number of halogens is 2. The molecule has 0 saturated heterocycles. The number of benzene rings is 1. The van der Waals surface area contributed by atoms with Crippen molar-refractivity contribution >= 4 is 11.9 Å². The van der Waals surface area contributed by atoms with Gasteiger partial charge in [-0.3, -0.25) is 4.79 Å². The van der Waals surface area contributed by atoms with Crippen LogP contribution in [0.2, 0.25) is 0 Å². The van der Waals surface area contributed by atoms with Gasteiger partial charge in [0.05, 0.1) is 5.56 Å². The molecule has 2 atom stereocenters. The Morgan fingerprint density at radius 2 is 1.95 bits per heavy atom. The second kappa shape index (κ2) is 5.56. The van der Waals surface area contributed by atoms with E-state index < -0.39 is 23.2 Å². The number of carboxylic acids is 1. The predicted molar refractivity (Wildman–Crippen MR) is 67.5 cm³/mol. The summed E-state index contributed by atoms with van der Waals surface area (Å²) in [6.45, 7) is 1.41. The maximum Gasteiger partial charge on any atom is 0.338 e. The van der Waals surface area contributed by atoms with Crippen LogP contribution in [-0.4, -0.2) is 23.0 Å². The highest BCUT2D eigenvalue weighted by Crippen LogP contribution is 2.36. The van der Waals surface area contributed by atoms with Crippen molar-refractivity contribution in [3.63, 3.8) is 0 Å². The van der Waals surface area contributed by atoms with E-state index in [1.165, 1.54) is 6.92 Å². The van der Waals surface area contributed by atoms with Gasteiger partial charge in [-0.2, -0.15) is 0 Å². The van der Waals surface area contributed by atoms with E-state index in [0.717, 1.165) is 12.1 Å².